The molecule has 0 aliphatic heterocycles. The van der Waals surface area contributed by atoms with Gasteiger partial charge < -0.3 is 4.98 Å². The molecule has 2 aromatic heterocycles. The van der Waals surface area contributed by atoms with Crippen LogP contribution in [0, 0.1) is 11.3 Å². The topological polar surface area (TPSA) is 108 Å². The highest BCUT2D eigenvalue weighted by molar-refractivity contribution is 7.91. The van der Waals surface area contributed by atoms with Gasteiger partial charge in [0, 0.05) is 17.8 Å². The maximum Gasteiger partial charge on any atom is 0.416 e. The molecule has 0 fully saturated rings. The Bertz CT molecular complexity index is 1100. The molecule has 10 heteroatoms. The van der Waals surface area contributed by atoms with E-state index >= 15 is 0 Å². The number of aromatic amines is 1. The van der Waals surface area contributed by atoms with Crippen LogP contribution in [0.2, 0.25) is 0 Å². The average Bonchev–Trinajstić information content (AvgIpc) is 2.95. The van der Waals surface area contributed by atoms with Gasteiger partial charge in [0.05, 0.1) is 16.0 Å². The molecular formula is C15H10F3N5OS. The number of nitriles is 1. The fraction of sp³-hybridized carbons (Fsp3) is 0.0667. The molecule has 1 aromatic carbocycles. The van der Waals surface area contributed by atoms with Gasteiger partial charge in [-0.25, -0.2) is 14.3 Å². The molecular weight excluding hydrogens is 355 g/mol. The average molecular weight is 365 g/mol. The monoisotopic (exact) mass is 365 g/mol. The van der Waals surface area contributed by atoms with E-state index in [0.29, 0.717) is 11.0 Å². The fourth-order valence-electron chi connectivity index (χ4n) is 2.16. The van der Waals surface area contributed by atoms with Crippen LogP contribution < -0.4 is 5.14 Å². The first kappa shape index (κ1) is 16.9. The van der Waals surface area contributed by atoms with Crippen molar-refractivity contribution in [3.63, 3.8) is 0 Å². The predicted molar refractivity (Wildman–Crippen MR) is 84.9 cm³/mol. The van der Waals surface area contributed by atoms with Crippen molar-refractivity contribution in [2.24, 2.45) is 9.50 Å². The van der Waals surface area contributed by atoms with Crippen molar-refractivity contribution in [1.82, 2.24) is 9.97 Å². The Balaban J connectivity index is 2.08. The van der Waals surface area contributed by atoms with E-state index in [9.17, 15) is 17.4 Å². The van der Waals surface area contributed by atoms with Crippen LogP contribution in [-0.4, -0.2) is 14.2 Å². The molecule has 0 aliphatic carbocycles. The van der Waals surface area contributed by atoms with E-state index in [-0.39, 0.29) is 16.1 Å². The van der Waals surface area contributed by atoms with Gasteiger partial charge in [-0.3, -0.25) is 0 Å². The summed E-state index contributed by atoms with van der Waals surface area (Å²) in [6.45, 7) is 0. The zero-order valence-electron chi connectivity index (χ0n) is 12.4. The van der Waals surface area contributed by atoms with Crippen molar-refractivity contribution < 1.29 is 17.4 Å². The SMILES string of the molecule is N#Cc1cnc2[nH]cc(N=S(N)(=O)c3ccc(C(F)(F)F)cc3)c2c1. The van der Waals surface area contributed by atoms with Gasteiger partial charge in [0.15, 0.2) is 0 Å². The van der Waals surface area contributed by atoms with Crippen molar-refractivity contribution in [3.05, 3.63) is 53.9 Å². The molecule has 6 nitrogen and oxygen atoms in total. The maximum atomic E-state index is 12.6. The molecule has 1 unspecified atom stereocenters. The summed E-state index contributed by atoms with van der Waals surface area (Å²) >= 11 is 0. The number of hydrogen-bond acceptors (Lipinski definition) is 4. The lowest BCUT2D eigenvalue weighted by Crippen LogP contribution is -2.13. The van der Waals surface area contributed by atoms with E-state index in [0.717, 1.165) is 24.3 Å². The molecule has 0 radical (unpaired) electrons. The largest absolute Gasteiger partial charge is 0.416 e. The number of fused-ring (bicyclic) bond motifs is 1. The molecule has 3 N–H and O–H groups in total. The van der Waals surface area contributed by atoms with Crippen molar-refractivity contribution in [2.75, 3.05) is 0 Å². The highest BCUT2D eigenvalue weighted by atomic mass is 32.2. The Kier molecular flexibility index (Phi) is 3.98. The summed E-state index contributed by atoms with van der Waals surface area (Å²) in [7, 11) is -3.48. The number of nitrogens with two attached hydrogens (primary N) is 1. The number of nitrogens with one attached hydrogen (secondary N) is 1. The highest BCUT2D eigenvalue weighted by Gasteiger charge is 2.30. The molecule has 2 heterocycles. The van der Waals surface area contributed by atoms with Crippen LogP contribution in [0.25, 0.3) is 11.0 Å². The van der Waals surface area contributed by atoms with Gasteiger partial charge in [0.25, 0.3) is 0 Å². The minimum absolute atomic E-state index is 0.0424. The second-order valence-corrected chi connectivity index (χ2v) is 6.88. The fourth-order valence-corrected chi connectivity index (χ4v) is 3.24. The van der Waals surface area contributed by atoms with E-state index in [1.165, 1.54) is 18.5 Å². The maximum absolute atomic E-state index is 12.6. The third-order valence-corrected chi connectivity index (χ3v) is 4.81. The van der Waals surface area contributed by atoms with Crippen molar-refractivity contribution in [2.45, 2.75) is 11.1 Å². The molecule has 1 atom stereocenters. The number of halogens is 3. The summed E-state index contributed by atoms with van der Waals surface area (Å²) < 4.78 is 54.4. The van der Waals surface area contributed by atoms with Crippen LogP contribution >= 0.6 is 0 Å². The van der Waals surface area contributed by atoms with Gasteiger partial charge >= 0.3 is 6.18 Å². The molecule has 0 saturated heterocycles. The van der Waals surface area contributed by atoms with E-state index < -0.39 is 21.7 Å². The standard InChI is InChI=1S/C15H10F3N5OS/c16-15(17,18)10-1-3-11(4-2-10)25(20,24)23-13-8-22-14-12(13)5-9(6-19)7-21-14/h1-5,7-8H,(H,21,22)(H2,20,23,24). The third-order valence-electron chi connectivity index (χ3n) is 3.39. The molecule has 3 aromatic rings. The van der Waals surface area contributed by atoms with Crippen molar-refractivity contribution >= 4 is 26.6 Å². The molecule has 128 valence electrons. The number of hydrogen-bond donors (Lipinski definition) is 2. The first-order chi connectivity index (χ1) is 11.7. The first-order valence-corrected chi connectivity index (χ1v) is 8.38. The van der Waals surface area contributed by atoms with Crippen LogP contribution in [0.5, 0.6) is 0 Å². The zero-order chi connectivity index (χ0) is 18.2. The van der Waals surface area contributed by atoms with Crippen molar-refractivity contribution in [3.8, 4) is 6.07 Å². The molecule has 25 heavy (non-hydrogen) atoms. The Morgan fingerprint density at radius 1 is 1.28 bits per heavy atom. The van der Waals surface area contributed by atoms with Gasteiger partial charge in [-0.05, 0) is 30.3 Å². The molecule has 0 aliphatic rings. The Hall–Kier alpha value is -2.90. The highest BCUT2D eigenvalue weighted by Crippen LogP contribution is 2.31. The van der Waals surface area contributed by atoms with Gasteiger partial charge in [0.1, 0.15) is 27.3 Å². The van der Waals surface area contributed by atoms with E-state index in [2.05, 4.69) is 14.3 Å². The lowest BCUT2D eigenvalue weighted by Gasteiger charge is -2.08. The van der Waals surface area contributed by atoms with Gasteiger partial charge in [-0.15, -0.1) is 0 Å². The number of aromatic nitrogens is 2. The molecule has 3 rings (SSSR count). The van der Waals surface area contributed by atoms with E-state index in [1.54, 1.807) is 0 Å². The van der Waals surface area contributed by atoms with Crippen molar-refractivity contribution in [1.29, 1.82) is 5.26 Å². The second-order valence-electron chi connectivity index (χ2n) is 5.09. The Morgan fingerprint density at radius 3 is 2.56 bits per heavy atom. The smallest absolute Gasteiger partial charge is 0.344 e. The van der Waals surface area contributed by atoms with E-state index in [4.69, 9.17) is 10.4 Å². The number of nitrogens with zero attached hydrogens (tertiary/aromatic N) is 3. The molecule has 0 bridgehead atoms. The predicted octanol–water partition coefficient (Wildman–Crippen LogP) is 3.49. The lowest BCUT2D eigenvalue weighted by atomic mass is 10.2. The summed E-state index contributed by atoms with van der Waals surface area (Å²) in [5, 5.41) is 15.1. The van der Waals surface area contributed by atoms with Gasteiger partial charge in [-0.2, -0.15) is 22.8 Å². The zero-order valence-corrected chi connectivity index (χ0v) is 13.2. The summed E-state index contributed by atoms with van der Waals surface area (Å²) in [5.41, 5.74) is 0.0235. The van der Waals surface area contributed by atoms with Gasteiger partial charge in [-0.1, -0.05) is 0 Å². The first-order valence-electron chi connectivity index (χ1n) is 6.80. The summed E-state index contributed by atoms with van der Waals surface area (Å²) in [5.74, 6) is 0. The summed E-state index contributed by atoms with van der Waals surface area (Å²) in [6, 6.07) is 7.07. The molecule has 0 spiro atoms. The summed E-state index contributed by atoms with van der Waals surface area (Å²) in [4.78, 5) is 6.77. The van der Waals surface area contributed by atoms with Crippen LogP contribution in [0.4, 0.5) is 18.9 Å². The van der Waals surface area contributed by atoms with E-state index in [1.807, 2.05) is 6.07 Å². The quantitative estimate of drug-likeness (QED) is 0.725. The van der Waals surface area contributed by atoms with Crippen LogP contribution in [-0.2, 0) is 16.1 Å². The number of alkyl halides is 3. The number of H-pyrrole nitrogens is 1. The Labute approximate surface area is 140 Å². The number of benzene rings is 1. The molecule has 0 saturated carbocycles. The number of rotatable bonds is 2. The number of pyridine rings is 1. The Morgan fingerprint density at radius 2 is 1.96 bits per heavy atom. The minimum Gasteiger partial charge on any atom is -0.344 e. The van der Waals surface area contributed by atoms with Gasteiger partial charge in [0.2, 0.25) is 0 Å². The second kappa shape index (κ2) is 5.87. The third kappa shape index (κ3) is 3.33. The lowest BCUT2D eigenvalue weighted by molar-refractivity contribution is -0.137. The normalized spacial score (nSPS) is 14.0. The minimum atomic E-state index is -4.50. The van der Waals surface area contributed by atoms with Crippen LogP contribution in [0.3, 0.4) is 0 Å². The molecule has 0 amide bonds. The van der Waals surface area contributed by atoms with Crippen LogP contribution in [0.1, 0.15) is 11.1 Å². The summed E-state index contributed by atoms with van der Waals surface area (Å²) in [6.07, 6.45) is -1.73. The van der Waals surface area contributed by atoms with Crippen LogP contribution in [0.15, 0.2) is 52.0 Å².